The summed E-state index contributed by atoms with van der Waals surface area (Å²) in [5, 5.41) is 0. The van der Waals surface area contributed by atoms with Crippen LogP contribution in [0.4, 0.5) is 4.39 Å². The lowest BCUT2D eigenvalue weighted by molar-refractivity contribution is 0.0750. The Labute approximate surface area is 172 Å². The smallest absolute Gasteiger partial charge is 0.254 e. The predicted molar refractivity (Wildman–Crippen MR) is 108 cm³/mol. The third-order valence-electron chi connectivity index (χ3n) is 4.98. The normalized spacial score (nSPS) is 12.6. The maximum atomic E-state index is 14.2. The number of hydrogen-bond acceptors (Lipinski definition) is 5. The van der Waals surface area contributed by atoms with E-state index in [9.17, 15) is 9.18 Å². The van der Waals surface area contributed by atoms with E-state index in [2.05, 4.69) is 19.9 Å². The zero-order chi connectivity index (χ0) is 20.5. The van der Waals surface area contributed by atoms with Crippen LogP contribution in [0.2, 0.25) is 0 Å². The van der Waals surface area contributed by atoms with Crippen LogP contribution in [0.3, 0.4) is 0 Å². The first-order valence-electron chi connectivity index (χ1n) is 9.44. The summed E-state index contributed by atoms with van der Waals surface area (Å²) in [5.41, 5.74) is 3.91. The minimum absolute atomic E-state index is 0.264. The Hall–Kier alpha value is -4.00. The summed E-state index contributed by atoms with van der Waals surface area (Å²) in [6.07, 6.45) is 6.37. The highest BCUT2D eigenvalue weighted by atomic mass is 19.1. The van der Waals surface area contributed by atoms with Crippen molar-refractivity contribution in [3.63, 3.8) is 0 Å². The molecule has 0 saturated carbocycles. The molecule has 0 N–H and O–H groups in total. The summed E-state index contributed by atoms with van der Waals surface area (Å²) in [5.74, 6) is -0.136. The number of halogens is 1. The van der Waals surface area contributed by atoms with Crippen molar-refractivity contribution in [1.29, 1.82) is 0 Å². The number of carbonyl (C=O) groups is 1. The molecule has 0 unspecified atom stereocenters. The Balaban J connectivity index is 1.41. The Bertz CT molecular complexity index is 1230. The molecule has 146 valence electrons. The van der Waals surface area contributed by atoms with Crippen LogP contribution >= 0.6 is 0 Å². The minimum Gasteiger partial charge on any atom is -0.328 e. The van der Waals surface area contributed by atoms with E-state index in [-0.39, 0.29) is 11.5 Å². The molecule has 0 atom stereocenters. The van der Waals surface area contributed by atoms with Gasteiger partial charge in [0, 0.05) is 47.4 Å². The molecule has 4 aromatic rings. The van der Waals surface area contributed by atoms with E-state index < -0.39 is 5.82 Å². The van der Waals surface area contributed by atoms with E-state index in [0.717, 1.165) is 16.8 Å². The average molecular weight is 397 g/mol. The summed E-state index contributed by atoms with van der Waals surface area (Å²) >= 11 is 0. The molecule has 1 aliphatic rings. The number of nitrogens with zero attached hydrogens (tertiary/aromatic N) is 5. The van der Waals surface area contributed by atoms with Gasteiger partial charge in [0.2, 0.25) is 0 Å². The van der Waals surface area contributed by atoms with Crippen LogP contribution in [0.1, 0.15) is 21.6 Å². The van der Waals surface area contributed by atoms with E-state index >= 15 is 0 Å². The van der Waals surface area contributed by atoms with E-state index in [1.165, 1.54) is 24.5 Å². The van der Waals surface area contributed by atoms with Crippen molar-refractivity contribution in [2.45, 2.75) is 13.1 Å². The summed E-state index contributed by atoms with van der Waals surface area (Å²) in [6, 6.07) is 13.9. The molecule has 2 aromatic carbocycles. The third kappa shape index (κ3) is 3.41. The van der Waals surface area contributed by atoms with Crippen LogP contribution in [0.25, 0.3) is 22.6 Å². The van der Waals surface area contributed by atoms with E-state index in [4.69, 9.17) is 0 Å². The largest absolute Gasteiger partial charge is 0.328 e. The second-order valence-electron chi connectivity index (χ2n) is 7.01. The van der Waals surface area contributed by atoms with Crippen molar-refractivity contribution < 1.29 is 9.18 Å². The lowest BCUT2D eigenvalue weighted by Crippen LogP contribution is -2.25. The van der Waals surface area contributed by atoms with Crippen molar-refractivity contribution in [2.24, 2.45) is 0 Å². The first-order valence-corrected chi connectivity index (χ1v) is 9.44. The molecular weight excluding hydrogens is 381 g/mol. The first kappa shape index (κ1) is 18.1. The standard InChI is InChI=1S/C23H16FN5O/c24-19-9-16(20-12-25-6-7-26-20)8-17(10-19)23(30)29-13-18-11-27-22(28-21(18)14-29)15-4-2-1-3-5-15/h1-12H,13-14H2. The number of carbonyl (C=O) groups excluding carboxylic acids is 1. The molecule has 3 heterocycles. The molecule has 6 nitrogen and oxygen atoms in total. The first-order chi connectivity index (χ1) is 14.7. The second kappa shape index (κ2) is 7.44. The molecule has 0 fully saturated rings. The number of fused-ring (bicyclic) bond motifs is 1. The van der Waals surface area contributed by atoms with Crippen LogP contribution in [0.15, 0.2) is 73.3 Å². The van der Waals surface area contributed by atoms with Crippen molar-refractivity contribution in [1.82, 2.24) is 24.8 Å². The highest BCUT2D eigenvalue weighted by Gasteiger charge is 2.27. The second-order valence-corrected chi connectivity index (χ2v) is 7.01. The average Bonchev–Trinajstić information content (AvgIpc) is 3.23. The van der Waals surface area contributed by atoms with Gasteiger partial charge in [-0.3, -0.25) is 14.8 Å². The van der Waals surface area contributed by atoms with E-state index in [0.29, 0.717) is 30.2 Å². The quantitative estimate of drug-likeness (QED) is 0.524. The van der Waals surface area contributed by atoms with Gasteiger partial charge in [0.25, 0.3) is 5.91 Å². The fourth-order valence-electron chi connectivity index (χ4n) is 3.52. The Kier molecular flexibility index (Phi) is 4.48. The van der Waals surface area contributed by atoms with Gasteiger partial charge in [-0.2, -0.15) is 0 Å². The lowest BCUT2D eigenvalue weighted by atomic mass is 10.1. The topological polar surface area (TPSA) is 71.9 Å². The number of hydrogen-bond donors (Lipinski definition) is 0. The lowest BCUT2D eigenvalue weighted by Gasteiger charge is -2.15. The predicted octanol–water partition coefficient (Wildman–Crippen LogP) is 3.90. The fraction of sp³-hybridized carbons (Fsp3) is 0.0870. The van der Waals surface area contributed by atoms with Crippen LogP contribution in [0, 0.1) is 5.82 Å². The van der Waals surface area contributed by atoms with Gasteiger partial charge < -0.3 is 4.90 Å². The molecule has 0 aliphatic carbocycles. The van der Waals surface area contributed by atoms with E-state index in [1.807, 2.05) is 30.3 Å². The summed E-state index contributed by atoms with van der Waals surface area (Å²) in [7, 11) is 0. The van der Waals surface area contributed by atoms with Crippen LogP contribution < -0.4 is 0 Å². The van der Waals surface area contributed by atoms with Gasteiger partial charge in [-0.25, -0.2) is 14.4 Å². The highest BCUT2D eigenvalue weighted by Crippen LogP contribution is 2.26. The van der Waals surface area contributed by atoms with Crippen molar-refractivity contribution in [3.05, 3.63) is 96.0 Å². The van der Waals surface area contributed by atoms with Crippen molar-refractivity contribution in [3.8, 4) is 22.6 Å². The zero-order valence-corrected chi connectivity index (χ0v) is 15.9. The maximum absolute atomic E-state index is 14.2. The van der Waals surface area contributed by atoms with Gasteiger partial charge in [0.1, 0.15) is 5.82 Å². The summed E-state index contributed by atoms with van der Waals surface area (Å²) in [6.45, 7) is 0.744. The Morgan fingerprint density at radius 1 is 0.933 bits per heavy atom. The van der Waals surface area contributed by atoms with Crippen LogP contribution in [-0.2, 0) is 13.1 Å². The Morgan fingerprint density at radius 3 is 2.60 bits per heavy atom. The van der Waals surface area contributed by atoms with Gasteiger partial charge in [-0.1, -0.05) is 30.3 Å². The molecule has 2 aromatic heterocycles. The van der Waals surface area contributed by atoms with Gasteiger partial charge in [-0.15, -0.1) is 0 Å². The number of rotatable bonds is 3. The summed E-state index contributed by atoms with van der Waals surface area (Å²) in [4.78, 5) is 32.0. The van der Waals surface area contributed by atoms with Crippen molar-refractivity contribution in [2.75, 3.05) is 0 Å². The molecular formula is C23H16FN5O. The molecule has 0 saturated heterocycles. The number of aromatic nitrogens is 4. The van der Waals surface area contributed by atoms with Gasteiger partial charge >= 0.3 is 0 Å². The molecule has 30 heavy (non-hydrogen) atoms. The van der Waals surface area contributed by atoms with Gasteiger partial charge in [0.15, 0.2) is 5.82 Å². The van der Waals surface area contributed by atoms with Crippen LogP contribution in [0.5, 0.6) is 0 Å². The number of amides is 1. The minimum atomic E-state index is -0.496. The van der Waals surface area contributed by atoms with Gasteiger partial charge in [-0.05, 0) is 18.2 Å². The van der Waals surface area contributed by atoms with Crippen molar-refractivity contribution >= 4 is 5.91 Å². The molecule has 1 amide bonds. The molecule has 1 aliphatic heterocycles. The monoisotopic (exact) mass is 397 g/mol. The fourth-order valence-corrected chi connectivity index (χ4v) is 3.52. The maximum Gasteiger partial charge on any atom is 0.254 e. The highest BCUT2D eigenvalue weighted by molar-refractivity contribution is 5.95. The zero-order valence-electron chi connectivity index (χ0n) is 15.9. The SMILES string of the molecule is O=C(c1cc(F)cc(-c2cnccn2)c1)N1Cc2cnc(-c3ccccc3)nc2C1. The van der Waals surface area contributed by atoms with Crippen LogP contribution in [-0.4, -0.2) is 30.7 Å². The molecule has 5 rings (SSSR count). The van der Waals surface area contributed by atoms with Gasteiger partial charge in [0.05, 0.1) is 24.1 Å². The molecule has 7 heteroatoms. The number of benzene rings is 2. The van der Waals surface area contributed by atoms with E-state index in [1.54, 1.807) is 23.4 Å². The molecule has 0 bridgehead atoms. The third-order valence-corrected chi connectivity index (χ3v) is 4.98. The summed E-state index contributed by atoms with van der Waals surface area (Å²) < 4.78 is 14.2. The molecule has 0 spiro atoms. The Morgan fingerprint density at radius 2 is 1.80 bits per heavy atom. The molecule has 0 radical (unpaired) electrons.